The van der Waals surface area contributed by atoms with Crippen LogP contribution in [0.2, 0.25) is 0 Å². The molecule has 4 rings (SSSR count). The van der Waals surface area contributed by atoms with Crippen molar-refractivity contribution in [1.82, 2.24) is 15.0 Å². The van der Waals surface area contributed by atoms with Crippen molar-refractivity contribution < 1.29 is 55.2 Å². The summed E-state index contributed by atoms with van der Waals surface area (Å²) in [6, 6.07) is 13.5. The van der Waals surface area contributed by atoms with E-state index in [9.17, 15) is 35.1 Å². The molecule has 0 spiro atoms. The Morgan fingerprint density at radius 1 is 0.794 bits per heavy atom. The fraction of sp³-hybridized carbons (Fsp3) is 0.0909. The maximum atomic E-state index is 13.2. The van der Waals surface area contributed by atoms with Gasteiger partial charge >= 0.3 is 12.4 Å². The van der Waals surface area contributed by atoms with Gasteiger partial charge in [-0.15, -0.1) is 12.1 Å². The Kier molecular flexibility index (Phi) is 8.68. The molecule has 4 aromatic rings. The Morgan fingerprint density at radius 3 is 1.85 bits per heavy atom. The van der Waals surface area contributed by atoms with Gasteiger partial charge in [0.25, 0.3) is 0 Å². The molecule has 0 atom stereocenters. The summed E-state index contributed by atoms with van der Waals surface area (Å²) in [5, 5.41) is 0. The zero-order valence-corrected chi connectivity index (χ0v) is 18.9. The van der Waals surface area contributed by atoms with Crippen LogP contribution < -0.4 is 4.98 Å². The van der Waals surface area contributed by atoms with Gasteiger partial charge in [0.15, 0.2) is 0 Å². The van der Waals surface area contributed by atoms with E-state index < -0.39 is 40.8 Å². The van der Waals surface area contributed by atoms with Crippen LogP contribution in [0.5, 0.6) is 0 Å². The fourth-order valence-electron chi connectivity index (χ4n) is 2.74. The first-order valence-electron chi connectivity index (χ1n) is 8.98. The molecule has 3 heterocycles. The van der Waals surface area contributed by atoms with Crippen LogP contribution in [0.4, 0.5) is 35.1 Å². The summed E-state index contributed by atoms with van der Waals surface area (Å²) >= 11 is 0. The monoisotopic (exact) mass is 662 g/mol. The minimum Gasteiger partial charge on any atom is -0.661 e. The Morgan fingerprint density at radius 2 is 1.38 bits per heavy atom. The predicted octanol–water partition coefficient (Wildman–Crippen LogP) is 6.57. The van der Waals surface area contributed by atoms with Crippen LogP contribution in [-0.2, 0) is 32.5 Å². The van der Waals surface area contributed by atoms with Gasteiger partial charge in [-0.3, -0.25) is 13.8 Å². The summed E-state index contributed by atoms with van der Waals surface area (Å²) in [5.74, 6) is -1.29. The third kappa shape index (κ3) is 6.48. The first-order chi connectivity index (χ1) is 15.5. The number of pyridine rings is 2. The van der Waals surface area contributed by atoms with Gasteiger partial charge in [0, 0.05) is 55.4 Å². The standard InChI is InChI=1S/C11H5F6N2.C11H6F2N.Ir/c12-10(13,14)6-5-19-9(8(6)11(15,16)17)7-3-1-2-4-18-7;12-8-4-5-9(10(13)7-8)11-3-1-2-6-14-11;/h1-5H;1-4,6-7H;/q2*-1;. The summed E-state index contributed by atoms with van der Waals surface area (Å²) in [5.41, 5.74) is -4.05. The van der Waals surface area contributed by atoms with Gasteiger partial charge in [0.2, 0.25) is 0 Å². The van der Waals surface area contributed by atoms with E-state index in [1.165, 1.54) is 18.3 Å². The van der Waals surface area contributed by atoms with Crippen LogP contribution >= 0.6 is 0 Å². The van der Waals surface area contributed by atoms with Crippen molar-refractivity contribution in [3.8, 4) is 22.6 Å². The zero-order chi connectivity index (χ0) is 24.2. The Bertz CT molecular complexity index is 1210. The first kappa shape index (κ1) is 27.1. The molecule has 1 radical (unpaired) electrons. The number of nitrogens with zero attached hydrogens (tertiary/aromatic N) is 3. The molecule has 0 aliphatic rings. The van der Waals surface area contributed by atoms with E-state index >= 15 is 0 Å². The van der Waals surface area contributed by atoms with Gasteiger partial charge in [-0.05, 0) is 23.9 Å². The van der Waals surface area contributed by atoms with Crippen LogP contribution in [0.15, 0.2) is 67.1 Å². The molecule has 181 valence electrons. The maximum Gasteiger partial charge on any atom is 0.415 e. The normalized spacial score (nSPS) is 11.3. The number of alkyl halides is 6. The van der Waals surface area contributed by atoms with E-state index in [-0.39, 0.29) is 37.6 Å². The molecule has 0 bridgehead atoms. The van der Waals surface area contributed by atoms with Crippen LogP contribution in [0, 0.1) is 17.7 Å². The number of rotatable bonds is 2. The molecule has 0 aliphatic carbocycles. The average molecular weight is 662 g/mol. The van der Waals surface area contributed by atoms with E-state index in [0.29, 0.717) is 5.69 Å². The molecular weight excluding hydrogens is 650 g/mol. The van der Waals surface area contributed by atoms with Gasteiger partial charge in [0.05, 0.1) is 5.56 Å². The van der Waals surface area contributed by atoms with E-state index in [1.54, 1.807) is 24.4 Å². The Balaban J connectivity index is 0.000000243. The molecule has 3 aromatic heterocycles. The van der Waals surface area contributed by atoms with E-state index in [1.807, 2.05) is 0 Å². The van der Waals surface area contributed by atoms with Crippen molar-refractivity contribution in [3.63, 3.8) is 0 Å². The maximum absolute atomic E-state index is 13.2. The van der Waals surface area contributed by atoms with E-state index in [0.717, 1.165) is 18.2 Å². The zero-order valence-electron chi connectivity index (χ0n) is 16.5. The molecule has 0 unspecified atom stereocenters. The SMILES string of the molecule is FC(F)(F)c1c[n-]c(-c2ccccn2)c1C(F)(F)F.Fc1c[c-]c(-c2ccccn2)c(F)c1.[Ir]. The van der Waals surface area contributed by atoms with Crippen molar-refractivity contribution in [2.45, 2.75) is 12.4 Å². The molecule has 0 fully saturated rings. The molecule has 0 saturated heterocycles. The van der Waals surface area contributed by atoms with Crippen molar-refractivity contribution in [3.05, 3.63) is 95.9 Å². The smallest absolute Gasteiger partial charge is 0.415 e. The third-order valence-corrected chi connectivity index (χ3v) is 4.10. The number of benzene rings is 1. The topological polar surface area (TPSA) is 39.9 Å². The molecule has 34 heavy (non-hydrogen) atoms. The minimum absolute atomic E-state index is 0. The molecule has 0 amide bonds. The minimum atomic E-state index is -5.16. The number of aromatic nitrogens is 3. The first-order valence-corrected chi connectivity index (χ1v) is 8.98. The van der Waals surface area contributed by atoms with Crippen LogP contribution in [0.1, 0.15) is 11.1 Å². The van der Waals surface area contributed by atoms with Crippen LogP contribution in [0.3, 0.4) is 0 Å². The quantitative estimate of drug-likeness (QED) is 0.180. The van der Waals surface area contributed by atoms with Gasteiger partial charge in [-0.25, -0.2) is 0 Å². The molecule has 0 saturated carbocycles. The summed E-state index contributed by atoms with van der Waals surface area (Å²) in [4.78, 5) is 10.8. The molecule has 1 aromatic carbocycles. The fourth-order valence-corrected chi connectivity index (χ4v) is 2.74. The van der Waals surface area contributed by atoms with Crippen molar-refractivity contribution in [2.75, 3.05) is 0 Å². The summed E-state index contributed by atoms with van der Waals surface area (Å²) in [7, 11) is 0. The van der Waals surface area contributed by atoms with Gasteiger partial charge in [-0.2, -0.15) is 32.5 Å². The third-order valence-electron chi connectivity index (χ3n) is 4.10. The second-order valence-corrected chi connectivity index (χ2v) is 6.36. The van der Waals surface area contributed by atoms with Crippen molar-refractivity contribution in [1.29, 1.82) is 0 Å². The second-order valence-electron chi connectivity index (χ2n) is 6.36. The van der Waals surface area contributed by atoms with Crippen molar-refractivity contribution >= 4 is 0 Å². The predicted molar refractivity (Wildman–Crippen MR) is 101 cm³/mol. The molecule has 3 nitrogen and oxygen atoms in total. The largest absolute Gasteiger partial charge is 0.661 e. The molecule has 0 aliphatic heterocycles. The summed E-state index contributed by atoms with van der Waals surface area (Å²) < 4.78 is 102. The second kappa shape index (κ2) is 10.9. The van der Waals surface area contributed by atoms with Crippen molar-refractivity contribution in [2.24, 2.45) is 0 Å². The van der Waals surface area contributed by atoms with Crippen LogP contribution in [0.25, 0.3) is 22.6 Å². The van der Waals surface area contributed by atoms with Gasteiger partial charge < -0.3 is 9.97 Å². The average Bonchev–Trinajstić information content (AvgIpc) is 3.22. The summed E-state index contributed by atoms with van der Waals surface area (Å²) in [6.45, 7) is 0. The van der Waals surface area contributed by atoms with Gasteiger partial charge in [-0.1, -0.05) is 35.5 Å². The van der Waals surface area contributed by atoms with Gasteiger partial charge in [0.1, 0.15) is 0 Å². The van der Waals surface area contributed by atoms with Crippen LogP contribution in [-0.4, -0.2) is 9.97 Å². The number of hydrogen-bond donors (Lipinski definition) is 0. The number of hydrogen-bond acceptors (Lipinski definition) is 2. The van der Waals surface area contributed by atoms with E-state index in [2.05, 4.69) is 21.0 Å². The Hall–Kier alpha value is -3.11. The van der Waals surface area contributed by atoms with E-state index in [4.69, 9.17) is 0 Å². The number of halogens is 8. The molecule has 12 heteroatoms. The molecular formula is C22H11F8IrN3-2. The Labute approximate surface area is 201 Å². The molecule has 0 N–H and O–H groups in total. The summed E-state index contributed by atoms with van der Waals surface area (Å²) in [6.07, 6.45) is -7.38.